The van der Waals surface area contributed by atoms with Gasteiger partial charge in [-0.3, -0.25) is 0 Å². The molecular formula is C21H25N2O4+. The Morgan fingerprint density at radius 3 is 2.30 bits per heavy atom. The number of methoxy groups -OCH3 is 4. The second-order valence-corrected chi connectivity index (χ2v) is 6.64. The highest BCUT2D eigenvalue weighted by Gasteiger charge is 2.30. The molecule has 6 nitrogen and oxygen atoms in total. The molecule has 2 aromatic carbocycles. The van der Waals surface area contributed by atoms with E-state index in [-0.39, 0.29) is 6.04 Å². The number of rotatable bonds is 5. The molecule has 4 rings (SSSR count). The number of quaternary nitrogens is 1. The van der Waals surface area contributed by atoms with E-state index in [4.69, 9.17) is 18.9 Å². The molecule has 0 spiro atoms. The summed E-state index contributed by atoms with van der Waals surface area (Å²) in [4.78, 5) is 3.62. The smallest absolute Gasteiger partial charge is 0.203 e. The number of nitrogens with two attached hydrogens (primary N) is 1. The van der Waals surface area contributed by atoms with Crippen LogP contribution >= 0.6 is 0 Å². The molecule has 27 heavy (non-hydrogen) atoms. The third-order valence-electron chi connectivity index (χ3n) is 5.30. The van der Waals surface area contributed by atoms with Crippen LogP contribution in [0.1, 0.15) is 22.9 Å². The van der Waals surface area contributed by atoms with Crippen LogP contribution in [0.5, 0.6) is 23.0 Å². The first-order chi connectivity index (χ1) is 13.2. The first-order valence-corrected chi connectivity index (χ1v) is 9.01. The van der Waals surface area contributed by atoms with E-state index in [1.807, 2.05) is 18.2 Å². The number of benzene rings is 2. The first-order valence-electron chi connectivity index (χ1n) is 9.01. The maximum Gasteiger partial charge on any atom is 0.203 e. The normalized spacial score (nSPS) is 16.1. The van der Waals surface area contributed by atoms with Crippen molar-refractivity contribution in [1.29, 1.82) is 0 Å². The van der Waals surface area contributed by atoms with Gasteiger partial charge >= 0.3 is 0 Å². The lowest BCUT2D eigenvalue weighted by Gasteiger charge is -2.23. The van der Waals surface area contributed by atoms with Crippen LogP contribution in [0.25, 0.3) is 10.9 Å². The summed E-state index contributed by atoms with van der Waals surface area (Å²) < 4.78 is 22.0. The van der Waals surface area contributed by atoms with Crippen LogP contribution in [-0.4, -0.2) is 40.0 Å². The summed E-state index contributed by atoms with van der Waals surface area (Å²) in [5, 5.41) is 3.57. The van der Waals surface area contributed by atoms with Crippen molar-refractivity contribution in [2.75, 3.05) is 35.0 Å². The molecule has 1 aliphatic heterocycles. The number of hydrogen-bond acceptors (Lipinski definition) is 4. The van der Waals surface area contributed by atoms with Gasteiger partial charge in [-0.05, 0) is 35.9 Å². The minimum absolute atomic E-state index is 0.140. The predicted molar refractivity (Wildman–Crippen MR) is 103 cm³/mol. The van der Waals surface area contributed by atoms with E-state index in [0.717, 1.165) is 29.8 Å². The number of fused-ring (bicyclic) bond motifs is 3. The number of aromatic amines is 1. The Morgan fingerprint density at radius 2 is 1.67 bits per heavy atom. The van der Waals surface area contributed by atoms with Gasteiger partial charge in [0.25, 0.3) is 0 Å². The topological polar surface area (TPSA) is 69.3 Å². The van der Waals surface area contributed by atoms with Gasteiger partial charge in [0.1, 0.15) is 5.75 Å². The highest BCUT2D eigenvalue weighted by atomic mass is 16.5. The summed E-state index contributed by atoms with van der Waals surface area (Å²) in [5.74, 6) is 2.83. The summed E-state index contributed by atoms with van der Waals surface area (Å²) in [6, 6.07) is 10.4. The van der Waals surface area contributed by atoms with Crippen LogP contribution in [-0.2, 0) is 6.42 Å². The Labute approximate surface area is 158 Å². The minimum atomic E-state index is 0.140. The van der Waals surface area contributed by atoms with Gasteiger partial charge in [0, 0.05) is 22.9 Å². The average Bonchev–Trinajstić information content (AvgIpc) is 3.10. The zero-order valence-corrected chi connectivity index (χ0v) is 16.1. The van der Waals surface area contributed by atoms with Crippen molar-refractivity contribution >= 4 is 10.9 Å². The molecule has 0 saturated carbocycles. The highest BCUT2D eigenvalue weighted by Crippen LogP contribution is 2.41. The summed E-state index contributed by atoms with van der Waals surface area (Å²) in [6.45, 7) is 1.01. The van der Waals surface area contributed by atoms with Crippen LogP contribution in [0.2, 0.25) is 0 Å². The second-order valence-electron chi connectivity index (χ2n) is 6.64. The van der Waals surface area contributed by atoms with Crippen LogP contribution < -0.4 is 24.3 Å². The maximum absolute atomic E-state index is 5.54. The number of aromatic nitrogens is 1. The van der Waals surface area contributed by atoms with E-state index in [9.17, 15) is 0 Å². The number of ether oxygens (including phenoxy) is 4. The monoisotopic (exact) mass is 369 g/mol. The molecule has 1 atom stereocenters. The van der Waals surface area contributed by atoms with Gasteiger partial charge in [-0.15, -0.1) is 0 Å². The third kappa shape index (κ3) is 2.86. The van der Waals surface area contributed by atoms with Gasteiger partial charge < -0.3 is 29.2 Å². The van der Waals surface area contributed by atoms with E-state index in [1.54, 1.807) is 28.4 Å². The first kappa shape index (κ1) is 17.5. The molecule has 0 unspecified atom stereocenters. The molecule has 0 saturated heterocycles. The minimum Gasteiger partial charge on any atom is -0.497 e. The lowest BCUT2D eigenvalue weighted by atomic mass is 9.94. The molecule has 3 aromatic rings. The number of hydrogen-bond donors (Lipinski definition) is 2. The highest BCUT2D eigenvalue weighted by molar-refractivity contribution is 5.86. The van der Waals surface area contributed by atoms with Crippen LogP contribution in [0.4, 0.5) is 0 Å². The summed E-state index contributed by atoms with van der Waals surface area (Å²) >= 11 is 0. The molecule has 0 bridgehead atoms. The van der Waals surface area contributed by atoms with E-state index in [1.165, 1.54) is 16.6 Å². The van der Waals surface area contributed by atoms with Crippen LogP contribution in [0, 0.1) is 0 Å². The maximum atomic E-state index is 5.54. The lowest BCUT2D eigenvalue weighted by Crippen LogP contribution is -2.87. The Kier molecular flexibility index (Phi) is 4.58. The fourth-order valence-electron chi connectivity index (χ4n) is 4.01. The van der Waals surface area contributed by atoms with Gasteiger partial charge in [0.2, 0.25) is 5.75 Å². The lowest BCUT2D eigenvalue weighted by molar-refractivity contribution is -0.690. The Bertz CT molecular complexity index is 955. The van der Waals surface area contributed by atoms with Crippen molar-refractivity contribution in [2.24, 2.45) is 0 Å². The van der Waals surface area contributed by atoms with Crippen molar-refractivity contribution < 1.29 is 24.3 Å². The van der Waals surface area contributed by atoms with Crippen LogP contribution in [0.15, 0.2) is 30.3 Å². The average molecular weight is 369 g/mol. The van der Waals surface area contributed by atoms with E-state index in [2.05, 4.69) is 22.4 Å². The van der Waals surface area contributed by atoms with Crippen molar-refractivity contribution in [3.8, 4) is 23.0 Å². The van der Waals surface area contributed by atoms with E-state index >= 15 is 0 Å². The summed E-state index contributed by atoms with van der Waals surface area (Å²) in [6.07, 6.45) is 1.02. The van der Waals surface area contributed by atoms with E-state index in [0.29, 0.717) is 17.2 Å². The fourth-order valence-corrected chi connectivity index (χ4v) is 4.01. The van der Waals surface area contributed by atoms with E-state index < -0.39 is 0 Å². The zero-order valence-electron chi connectivity index (χ0n) is 16.1. The van der Waals surface area contributed by atoms with Gasteiger partial charge in [0.15, 0.2) is 17.5 Å². The summed E-state index contributed by atoms with van der Waals surface area (Å²) in [7, 11) is 6.61. The quantitative estimate of drug-likeness (QED) is 0.725. The largest absolute Gasteiger partial charge is 0.497 e. The second kappa shape index (κ2) is 7.04. The van der Waals surface area contributed by atoms with Gasteiger partial charge in [-0.2, -0.15) is 0 Å². The number of nitrogens with one attached hydrogen (secondary N) is 1. The van der Waals surface area contributed by atoms with Gasteiger partial charge in [-0.25, -0.2) is 0 Å². The third-order valence-corrected chi connectivity index (χ3v) is 5.30. The van der Waals surface area contributed by atoms with Gasteiger partial charge in [-0.1, -0.05) is 0 Å². The van der Waals surface area contributed by atoms with Crippen molar-refractivity contribution in [3.63, 3.8) is 0 Å². The SMILES string of the molecule is COc1ccc2[nH]c3c(c2c1)CC[NH2+][C@@H]3c1cc(OC)c(OC)c(OC)c1. The molecule has 0 radical (unpaired) electrons. The molecule has 0 amide bonds. The molecular weight excluding hydrogens is 344 g/mol. The molecule has 142 valence electrons. The molecule has 6 heteroatoms. The predicted octanol–water partition coefficient (Wildman–Crippen LogP) is 2.41. The zero-order chi connectivity index (χ0) is 19.0. The molecule has 1 aromatic heterocycles. The number of H-pyrrole nitrogens is 1. The van der Waals surface area contributed by atoms with Crippen LogP contribution in [0.3, 0.4) is 0 Å². The molecule has 1 aliphatic rings. The molecule has 2 heterocycles. The standard InChI is InChI=1S/C21H24N2O4/c1-24-13-5-6-16-15(11-13)14-7-8-22-19(20(14)23-16)12-9-17(25-2)21(27-4)18(10-12)26-3/h5-6,9-11,19,22-23H,7-8H2,1-4H3/p+1/t19-/m1/s1. The van der Waals surface area contributed by atoms with Crippen molar-refractivity contribution in [1.82, 2.24) is 4.98 Å². The summed E-state index contributed by atoms with van der Waals surface area (Å²) in [5.41, 5.74) is 4.82. The Hall–Kier alpha value is -2.86. The fraction of sp³-hybridized carbons (Fsp3) is 0.333. The van der Waals surface area contributed by atoms with Gasteiger partial charge in [0.05, 0.1) is 40.7 Å². The Balaban J connectivity index is 1.85. The van der Waals surface area contributed by atoms with Crippen molar-refractivity contribution in [2.45, 2.75) is 12.5 Å². The Morgan fingerprint density at radius 1 is 0.926 bits per heavy atom. The molecule has 0 aliphatic carbocycles. The van der Waals surface area contributed by atoms with Crippen molar-refractivity contribution in [3.05, 3.63) is 47.2 Å². The molecule has 3 N–H and O–H groups in total. The molecule has 0 fully saturated rings.